The Labute approximate surface area is 104 Å². The SMILES string of the molecule is CC1(C)CC(=O)N(c2ccc(O)c(F)c2)C(=O)C1. The Morgan fingerprint density at radius 1 is 1.22 bits per heavy atom. The average molecular weight is 251 g/mol. The van der Waals surface area contributed by atoms with Crippen molar-refractivity contribution in [2.75, 3.05) is 4.90 Å². The fraction of sp³-hybridized carbons (Fsp3) is 0.385. The molecule has 0 spiro atoms. The van der Waals surface area contributed by atoms with Crippen molar-refractivity contribution in [2.24, 2.45) is 5.41 Å². The van der Waals surface area contributed by atoms with Crippen LogP contribution in [0.2, 0.25) is 0 Å². The van der Waals surface area contributed by atoms with Gasteiger partial charge in [0.1, 0.15) is 0 Å². The summed E-state index contributed by atoms with van der Waals surface area (Å²) in [6.07, 6.45) is 0.475. The molecule has 1 aliphatic heterocycles. The number of nitrogens with zero attached hydrogens (tertiary/aromatic N) is 1. The lowest BCUT2D eigenvalue weighted by atomic mass is 9.81. The van der Waals surface area contributed by atoms with Crippen molar-refractivity contribution in [1.29, 1.82) is 0 Å². The molecule has 0 saturated carbocycles. The number of hydrogen-bond acceptors (Lipinski definition) is 3. The molecular weight excluding hydrogens is 237 g/mol. The number of carbonyl (C=O) groups is 2. The molecule has 1 aromatic carbocycles. The van der Waals surface area contributed by atoms with E-state index in [2.05, 4.69) is 0 Å². The minimum Gasteiger partial charge on any atom is -0.505 e. The van der Waals surface area contributed by atoms with E-state index in [9.17, 15) is 14.0 Å². The van der Waals surface area contributed by atoms with Crippen LogP contribution < -0.4 is 4.90 Å². The molecule has 0 bridgehead atoms. The lowest BCUT2D eigenvalue weighted by Gasteiger charge is -2.34. The normalized spacial score (nSPS) is 19.2. The van der Waals surface area contributed by atoms with E-state index >= 15 is 0 Å². The van der Waals surface area contributed by atoms with Crippen LogP contribution in [0.15, 0.2) is 18.2 Å². The number of halogens is 1. The first-order valence-electron chi connectivity index (χ1n) is 5.64. The van der Waals surface area contributed by atoms with Crippen LogP contribution in [0.1, 0.15) is 26.7 Å². The Kier molecular flexibility index (Phi) is 2.84. The number of carbonyl (C=O) groups excluding carboxylic acids is 2. The Morgan fingerprint density at radius 3 is 2.28 bits per heavy atom. The summed E-state index contributed by atoms with van der Waals surface area (Å²) in [5.74, 6) is -2.04. The molecule has 1 heterocycles. The van der Waals surface area contributed by atoms with Gasteiger partial charge < -0.3 is 5.11 Å². The number of phenols is 1. The monoisotopic (exact) mass is 251 g/mol. The highest BCUT2D eigenvalue weighted by atomic mass is 19.1. The van der Waals surface area contributed by atoms with E-state index in [-0.39, 0.29) is 35.8 Å². The zero-order chi connectivity index (χ0) is 13.5. The number of piperidine rings is 1. The quantitative estimate of drug-likeness (QED) is 0.778. The highest BCUT2D eigenvalue weighted by molar-refractivity contribution is 6.16. The van der Waals surface area contributed by atoms with E-state index in [0.717, 1.165) is 17.0 Å². The van der Waals surface area contributed by atoms with Crippen molar-refractivity contribution in [3.05, 3.63) is 24.0 Å². The Morgan fingerprint density at radius 2 is 1.78 bits per heavy atom. The van der Waals surface area contributed by atoms with Gasteiger partial charge in [0.15, 0.2) is 11.6 Å². The van der Waals surface area contributed by atoms with E-state index in [0.29, 0.717) is 0 Å². The number of phenolic OH excluding ortho intramolecular Hbond substituents is 1. The summed E-state index contributed by atoms with van der Waals surface area (Å²) in [6.45, 7) is 3.69. The molecule has 0 radical (unpaired) electrons. The number of benzene rings is 1. The van der Waals surface area contributed by atoms with Crippen molar-refractivity contribution in [1.82, 2.24) is 0 Å². The van der Waals surface area contributed by atoms with Crippen LogP contribution in [-0.4, -0.2) is 16.9 Å². The van der Waals surface area contributed by atoms with Crippen LogP contribution in [0.5, 0.6) is 5.75 Å². The van der Waals surface area contributed by atoms with Crippen LogP contribution >= 0.6 is 0 Å². The van der Waals surface area contributed by atoms with E-state index in [4.69, 9.17) is 5.11 Å². The van der Waals surface area contributed by atoms with Crippen LogP contribution in [0, 0.1) is 11.2 Å². The summed E-state index contributed by atoms with van der Waals surface area (Å²) < 4.78 is 13.2. The fourth-order valence-corrected chi connectivity index (χ4v) is 2.10. The zero-order valence-electron chi connectivity index (χ0n) is 10.2. The Hall–Kier alpha value is -1.91. The molecule has 4 nitrogen and oxygen atoms in total. The lowest BCUT2D eigenvalue weighted by Crippen LogP contribution is -2.46. The molecule has 0 unspecified atom stereocenters. The smallest absolute Gasteiger partial charge is 0.234 e. The van der Waals surface area contributed by atoms with Gasteiger partial charge in [-0.1, -0.05) is 13.8 Å². The van der Waals surface area contributed by atoms with Gasteiger partial charge in [-0.3, -0.25) is 14.5 Å². The Bertz CT molecular complexity index is 505. The summed E-state index contributed by atoms with van der Waals surface area (Å²) in [6, 6.07) is 3.47. The maximum absolute atomic E-state index is 13.2. The topological polar surface area (TPSA) is 57.6 Å². The number of aromatic hydroxyl groups is 1. The molecule has 2 amide bonds. The first kappa shape index (κ1) is 12.5. The van der Waals surface area contributed by atoms with Gasteiger partial charge in [0.2, 0.25) is 11.8 Å². The lowest BCUT2D eigenvalue weighted by molar-refractivity contribution is -0.132. The number of rotatable bonds is 1. The molecule has 1 fully saturated rings. The highest BCUT2D eigenvalue weighted by Gasteiger charge is 2.38. The van der Waals surface area contributed by atoms with E-state index < -0.39 is 11.6 Å². The van der Waals surface area contributed by atoms with Crippen molar-refractivity contribution >= 4 is 17.5 Å². The van der Waals surface area contributed by atoms with E-state index in [1.165, 1.54) is 6.07 Å². The minimum absolute atomic E-state index is 0.163. The van der Waals surface area contributed by atoms with Crippen LogP contribution in [0.4, 0.5) is 10.1 Å². The average Bonchev–Trinajstić information content (AvgIpc) is 2.20. The molecule has 0 aliphatic carbocycles. The van der Waals surface area contributed by atoms with Crippen molar-refractivity contribution in [2.45, 2.75) is 26.7 Å². The molecule has 5 heteroatoms. The van der Waals surface area contributed by atoms with Crippen molar-refractivity contribution in [3.8, 4) is 5.75 Å². The first-order valence-corrected chi connectivity index (χ1v) is 5.64. The van der Waals surface area contributed by atoms with Gasteiger partial charge in [-0.25, -0.2) is 4.39 Å². The summed E-state index contributed by atoms with van der Waals surface area (Å²) in [5, 5.41) is 9.09. The molecule has 2 rings (SSSR count). The third kappa shape index (κ3) is 2.20. The van der Waals surface area contributed by atoms with Crippen LogP contribution in [-0.2, 0) is 9.59 Å². The largest absolute Gasteiger partial charge is 0.505 e. The minimum atomic E-state index is -0.849. The second-order valence-corrected chi connectivity index (χ2v) is 5.28. The number of imide groups is 1. The van der Waals surface area contributed by atoms with Crippen molar-refractivity contribution in [3.63, 3.8) is 0 Å². The van der Waals surface area contributed by atoms with Gasteiger partial charge in [-0.2, -0.15) is 0 Å². The highest BCUT2D eigenvalue weighted by Crippen LogP contribution is 2.34. The second-order valence-electron chi connectivity index (χ2n) is 5.28. The second kappa shape index (κ2) is 4.08. The zero-order valence-corrected chi connectivity index (χ0v) is 10.2. The number of hydrogen-bond donors (Lipinski definition) is 1. The summed E-state index contributed by atoms with van der Waals surface area (Å²) >= 11 is 0. The third-order valence-electron chi connectivity index (χ3n) is 2.95. The number of anilines is 1. The predicted octanol–water partition coefficient (Wildman–Crippen LogP) is 2.21. The van der Waals surface area contributed by atoms with Gasteiger partial charge >= 0.3 is 0 Å². The summed E-state index contributed by atoms with van der Waals surface area (Å²) in [7, 11) is 0. The molecule has 0 atom stereocenters. The molecule has 96 valence electrons. The van der Waals surface area contributed by atoms with Gasteiger partial charge in [0, 0.05) is 18.9 Å². The molecule has 1 aromatic rings. The van der Waals surface area contributed by atoms with Gasteiger partial charge in [0.25, 0.3) is 0 Å². The maximum atomic E-state index is 13.2. The summed E-state index contributed by atoms with van der Waals surface area (Å²) in [5.41, 5.74) is -0.198. The first-order chi connectivity index (χ1) is 8.30. The molecule has 18 heavy (non-hydrogen) atoms. The van der Waals surface area contributed by atoms with Gasteiger partial charge in [0.05, 0.1) is 5.69 Å². The number of amides is 2. The van der Waals surface area contributed by atoms with Gasteiger partial charge in [-0.15, -0.1) is 0 Å². The van der Waals surface area contributed by atoms with E-state index in [1.807, 2.05) is 13.8 Å². The molecule has 0 aromatic heterocycles. The standard InChI is InChI=1S/C13H14FNO3/c1-13(2)6-11(17)15(12(18)7-13)8-3-4-10(16)9(14)5-8/h3-5,16H,6-7H2,1-2H3. The summed E-state index contributed by atoms with van der Waals surface area (Å²) in [4.78, 5) is 24.9. The molecule has 1 saturated heterocycles. The molecule has 1 N–H and O–H groups in total. The fourth-order valence-electron chi connectivity index (χ4n) is 2.10. The molecule has 1 aliphatic rings. The molecular formula is C13H14FNO3. The van der Waals surface area contributed by atoms with Gasteiger partial charge in [-0.05, 0) is 17.5 Å². The predicted molar refractivity (Wildman–Crippen MR) is 63.6 cm³/mol. The van der Waals surface area contributed by atoms with Crippen molar-refractivity contribution < 1.29 is 19.1 Å². The Balaban J connectivity index is 2.36. The van der Waals surface area contributed by atoms with Crippen LogP contribution in [0.25, 0.3) is 0 Å². The third-order valence-corrected chi connectivity index (χ3v) is 2.95. The van der Waals surface area contributed by atoms with Crippen LogP contribution in [0.3, 0.4) is 0 Å². The maximum Gasteiger partial charge on any atom is 0.234 e. The van der Waals surface area contributed by atoms with E-state index in [1.54, 1.807) is 0 Å².